The quantitative estimate of drug-likeness (QED) is 0.256. The third-order valence-electron chi connectivity index (χ3n) is 7.51. The highest BCUT2D eigenvalue weighted by Gasteiger charge is 2.14. The molecule has 0 unspecified atom stereocenters. The summed E-state index contributed by atoms with van der Waals surface area (Å²) in [7, 11) is 0. The van der Waals surface area contributed by atoms with E-state index in [2.05, 4.69) is 58.9 Å². The van der Waals surface area contributed by atoms with Crippen molar-refractivity contribution in [3.05, 3.63) is 105 Å². The SMILES string of the molecule is CC1CCC(C)CC1.CC1COC(C)OC1.Cc1cc(F)c(C)c(F)c1.Cc1ccc(C)c(F)c1.Cc1ccc(C)cc1. The Bertz CT molecular complexity index is 1090. The van der Waals surface area contributed by atoms with Gasteiger partial charge < -0.3 is 9.47 Å². The van der Waals surface area contributed by atoms with Crippen LogP contribution in [-0.2, 0) is 9.47 Å². The zero-order valence-electron chi connectivity index (χ0n) is 28.2. The number of hydrogen-bond acceptors (Lipinski definition) is 2. The van der Waals surface area contributed by atoms with E-state index in [-0.39, 0.29) is 17.7 Å². The molecule has 0 N–H and O–H groups in total. The van der Waals surface area contributed by atoms with Crippen molar-refractivity contribution in [3.63, 3.8) is 0 Å². The summed E-state index contributed by atoms with van der Waals surface area (Å²) in [5, 5.41) is 0. The molecular weight excluding hydrogens is 545 g/mol. The predicted octanol–water partition coefficient (Wildman–Crippen LogP) is 11.2. The van der Waals surface area contributed by atoms with Crippen LogP contribution in [0, 0.1) is 76.7 Å². The first kappa shape index (κ1) is 38.4. The fraction of sp³-hybridized carbons (Fsp3) is 0.526. The average Bonchev–Trinajstić information content (AvgIpc) is 2.96. The van der Waals surface area contributed by atoms with Crippen molar-refractivity contribution < 1.29 is 22.6 Å². The lowest BCUT2D eigenvalue weighted by Gasteiger charge is -2.24. The maximum atomic E-state index is 12.6. The minimum absolute atomic E-state index is 0.0196. The van der Waals surface area contributed by atoms with E-state index in [1.165, 1.54) is 61.9 Å². The number of rotatable bonds is 0. The van der Waals surface area contributed by atoms with Crippen LogP contribution < -0.4 is 0 Å². The van der Waals surface area contributed by atoms with E-state index >= 15 is 0 Å². The van der Waals surface area contributed by atoms with Crippen molar-refractivity contribution in [2.45, 2.75) is 101 Å². The maximum Gasteiger partial charge on any atom is 0.154 e. The smallest absolute Gasteiger partial charge is 0.154 e. The summed E-state index contributed by atoms with van der Waals surface area (Å²) in [5.41, 5.74) is 5.04. The lowest BCUT2D eigenvalue weighted by molar-refractivity contribution is -0.187. The van der Waals surface area contributed by atoms with Gasteiger partial charge in [0.2, 0.25) is 0 Å². The molecule has 1 saturated carbocycles. The molecule has 2 nitrogen and oxygen atoms in total. The summed E-state index contributed by atoms with van der Waals surface area (Å²) in [6.45, 7) is 21.4. The third kappa shape index (κ3) is 17.3. The summed E-state index contributed by atoms with van der Waals surface area (Å²) < 4.78 is 48.1. The molecule has 1 heterocycles. The van der Waals surface area contributed by atoms with Gasteiger partial charge in [-0.1, -0.05) is 94.0 Å². The Labute approximate surface area is 260 Å². The zero-order valence-corrected chi connectivity index (χ0v) is 28.2. The lowest BCUT2D eigenvalue weighted by Crippen LogP contribution is -2.27. The first-order chi connectivity index (χ1) is 20.2. The van der Waals surface area contributed by atoms with Gasteiger partial charge >= 0.3 is 0 Å². The molecule has 3 aromatic carbocycles. The molecule has 2 fully saturated rings. The molecule has 5 heteroatoms. The monoisotopic (exact) mass is 600 g/mol. The second-order valence-corrected chi connectivity index (χ2v) is 12.5. The Morgan fingerprint density at radius 1 is 0.488 bits per heavy atom. The van der Waals surface area contributed by atoms with Crippen molar-refractivity contribution >= 4 is 0 Å². The Morgan fingerprint density at radius 2 is 0.860 bits per heavy atom. The van der Waals surface area contributed by atoms with Gasteiger partial charge in [-0.3, -0.25) is 0 Å². The summed E-state index contributed by atoms with van der Waals surface area (Å²) >= 11 is 0. The number of ether oxygens (including phenoxy) is 2. The standard InChI is InChI=1S/C8H8F2.C8H9F.C8H16.C8H10.C6H12O2/c1-5-3-7(9)6(2)8(10)4-5;1-6-3-4-7(2)8(9)5-6;2*1-7-3-5-8(2)6-4-7;1-5-3-7-6(2)8-4-5/h3-4H,1-2H3;3-5H,1-2H3;7-8H,3-6H2,1-2H3;3-6H,1-2H3;5-6H,3-4H2,1-2H3. The number of aryl methyl sites for hydroxylation is 5. The molecule has 5 rings (SSSR count). The molecule has 1 aliphatic heterocycles. The minimum Gasteiger partial charge on any atom is -0.353 e. The first-order valence-electron chi connectivity index (χ1n) is 15.6. The Hall–Kier alpha value is -2.63. The van der Waals surface area contributed by atoms with Crippen LogP contribution in [-0.4, -0.2) is 19.5 Å². The Morgan fingerprint density at radius 3 is 1.21 bits per heavy atom. The van der Waals surface area contributed by atoms with E-state index in [1.54, 1.807) is 19.9 Å². The van der Waals surface area contributed by atoms with E-state index in [0.717, 1.165) is 30.6 Å². The zero-order chi connectivity index (χ0) is 32.5. The number of halogens is 3. The van der Waals surface area contributed by atoms with Gasteiger partial charge in [0.1, 0.15) is 17.5 Å². The van der Waals surface area contributed by atoms with Crippen LogP contribution >= 0.6 is 0 Å². The van der Waals surface area contributed by atoms with Gasteiger partial charge in [0.05, 0.1) is 13.2 Å². The van der Waals surface area contributed by atoms with Crippen molar-refractivity contribution in [1.29, 1.82) is 0 Å². The summed E-state index contributed by atoms with van der Waals surface area (Å²) in [6.07, 6.45) is 5.91. The second-order valence-electron chi connectivity index (χ2n) is 12.5. The second kappa shape index (κ2) is 20.3. The molecule has 3 aromatic rings. The number of benzene rings is 3. The van der Waals surface area contributed by atoms with Gasteiger partial charge in [0, 0.05) is 11.5 Å². The molecular formula is C38H55F3O2. The van der Waals surface area contributed by atoms with Crippen LogP contribution in [0.5, 0.6) is 0 Å². The molecule has 1 aliphatic carbocycles. The first-order valence-corrected chi connectivity index (χ1v) is 15.6. The van der Waals surface area contributed by atoms with Gasteiger partial charge in [-0.2, -0.15) is 0 Å². The van der Waals surface area contributed by atoms with Crippen molar-refractivity contribution in [2.75, 3.05) is 13.2 Å². The van der Waals surface area contributed by atoms with Crippen LogP contribution in [0.15, 0.2) is 54.6 Å². The highest BCUT2D eigenvalue weighted by atomic mass is 19.1. The minimum atomic E-state index is -0.475. The van der Waals surface area contributed by atoms with E-state index in [0.29, 0.717) is 17.0 Å². The average molecular weight is 601 g/mol. The van der Waals surface area contributed by atoms with Gasteiger partial charge in [-0.25, -0.2) is 13.2 Å². The van der Waals surface area contributed by atoms with Gasteiger partial charge in [-0.05, 0) is 95.2 Å². The molecule has 2 aliphatic rings. The third-order valence-corrected chi connectivity index (χ3v) is 7.51. The van der Waals surface area contributed by atoms with Gasteiger partial charge in [0.15, 0.2) is 6.29 Å². The van der Waals surface area contributed by atoms with Crippen molar-refractivity contribution in [2.24, 2.45) is 17.8 Å². The van der Waals surface area contributed by atoms with Crippen molar-refractivity contribution in [1.82, 2.24) is 0 Å². The van der Waals surface area contributed by atoms with Crippen molar-refractivity contribution in [3.8, 4) is 0 Å². The van der Waals surface area contributed by atoms with Crippen LogP contribution in [0.25, 0.3) is 0 Å². The highest BCUT2D eigenvalue weighted by Crippen LogP contribution is 2.27. The van der Waals surface area contributed by atoms with E-state index in [4.69, 9.17) is 9.47 Å². The van der Waals surface area contributed by atoms with E-state index in [1.807, 2.05) is 19.9 Å². The largest absolute Gasteiger partial charge is 0.353 e. The fourth-order valence-corrected chi connectivity index (χ4v) is 4.23. The highest BCUT2D eigenvalue weighted by molar-refractivity contribution is 5.24. The van der Waals surface area contributed by atoms with Crippen LogP contribution in [0.3, 0.4) is 0 Å². The molecule has 0 radical (unpaired) electrons. The van der Waals surface area contributed by atoms with E-state index < -0.39 is 11.6 Å². The van der Waals surface area contributed by atoms with Crippen LogP contribution in [0.2, 0.25) is 0 Å². The molecule has 0 spiro atoms. The molecule has 1 saturated heterocycles. The summed E-state index contributed by atoms with van der Waals surface area (Å²) in [6, 6.07) is 16.3. The Kier molecular flexibility index (Phi) is 18.2. The normalized spacial score (nSPS) is 20.9. The lowest BCUT2D eigenvalue weighted by atomic mass is 9.84. The molecule has 240 valence electrons. The molecule has 0 bridgehead atoms. The summed E-state index contributed by atoms with van der Waals surface area (Å²) in [5.74, 6) is 1.55. The van der Waals surface area contributed by atoms with E-state index in [9.17, 15) is 13.2 Å². The van der Waals surface area contributed by atoms with Crippen LogP contribution in [0.1, 0.15) is 86.8 Å². The van der Waals surface area contributed by atoms with Gasteiger partial charge in [0.25, 0.3) is 0 Å². The summed E-state index contributed by atoms with van der Waals surface area (Å²) in [4.78, 5) is 0. The van der Waals surface area contributed by atoms with Crippen LogP contribution in [0.4, 0.5) is 13.2 Å². The molecule has 0 atom stereocenters. The predicted molar refractivity (Wildman–Crippen MR) is 175 cm³/mol. The molecule has 0 aromatic heterocycles. The molecule has 43 heavy (non-hydrogen) atoms. The van der Waals surface area contributed by atoms with Gasteiger partial charge in [-0.15, -0.1) is 0 Å². The topological polar surface area (TPSA) is 18.5 Å². The fourth-order valence-electron chi connectivity index (χ4n) is 4.23. The Balaban J connectivity index is 0.000000269. The maximum absolute atomic E-state index is 12.6. The number of hydrogen-bond donors (Lipinski definition) is 0. The molecule has 0 amide bonds.